The van der Waals surface area contributed by atoms with Crippen molar-refractivity contribution in [1.29, 1.82) is 0 Å². The molecule has 6 heteroatoms. The second kappa shape index (κ2) is 12.8. The fourth-order valence-corrected chi connectivity index (χ4v) is 3.69. The van der Waals surface area contributed by atoms with Crippen LogP contribution in [0.2, 0.25) is 0 Å². The number of nitrogens with zero attached hydrogens (tertiary/aromatic N) is 2. The number of likely N-dealkylation sites (tertiary alicyclic amines) is 1. The van der Waals surface area contributed by atoms with Gasteiger partial charge >= 0.3 is 0 Å². The lowest BCUT2D eigenvalue weighted by atomic mass is 9.96. The van der Waals surface area contributed by atoms with Gasteiger partial charge in [-0.2, -0.15) is 0 Å². The third-order valence-electron chi connectivity index (χ3n) is 5.63. The Morgan fingerprint density at radius 3 is 2.23 bits per heavy atom. The molecule has 5 nitrogen and oxygen atoms in total. The van der Waals surface area contributed by atoms with Crippen LogP contribution in [0.5, 0.6) is 5.75 Å². The first-order chi connectivity index (χ1) is 14.2. The first kappa shape index (κ1) is 24.5. The summed E-state index contributed by atoms with van der Waals surface area (Å²) in [6, 6.07) is 17.0. The molecule has 0 aliphatic carbocycles. The van der Waals surface area contributed by atoms with Crippen molar-refractivity contribution in [2.24, 2.45) is 10.9 Å². The van der Waals surface area contributed by atoms with Gasteiger partial charge in [-0.1, -0.05) is 42.0 Å². The van der Waals surface area contributed by atoms with Crippen molar-refractivity contribution in [3.63, 3.8) is 0 Å². The van der Waals surface area contributed by atoms with E-state index < -0.39 is 0 Å². The van der Waals surface area contributed by atoms with Gasteiger partial charge in [0.1, 0.15) is 5.75 Å². The summed E-state index contributed by atoms with van der Waals surface area (Å²) in [5, 5.41) is 6.92. The van der Waals surface area contributed by atoms with Gasteiger partial charge in [0.15, 0.2) is 5.96 Å². The summed E-state index contributed by atoms with van der Waals surface area (Å²) >= 11 is 0. The summed E-state index contributed by atoms with van der Waals surface area (Å²) in [4.78, 5) is 6.91. The molecule has 0 radical (unpaired) electrons. The van der Waals surface area contributed by atoms with E-state index in [2.05, 4.69) is 63.8 Å². The van der Waals surface area contributed by atoms with E-state index in [1.54, 1.807) is 7.11 Å². The average Bonchev–Trinajstić information content (AvgIpc) is 2.76. The van der Waals surface area contributed by atoms with Gasteiger partial charge < -0.3 is 15.4 Å². The largest absolute Gasteiger partial charge is 0.497 e. The average molecular weight is 522 g/mol. The highest BCUT2D eigenvalue weighted by Crippen LogP contribution is 2.19. The molecule has 0 saturated carbocycles. The Balaban J connectivity index is 0.00000320. The predicted molar refractivity (Wildman–Crippen MR) is 136 cm³/mol. The molecule has 2 aromatic rings. The maximum absolute atomic E-state index is 5.24. The monoisotopic (exact) mass is 522 g/mol. The van der Waals surface area contributed by atoms with Gasteiger partial charge in [0.2, 0.25) is 0 Å². The van der Waals surface area contributed by atoms with Crippen LogP contribution in [0.4, 0.5) is 0 Å². The molecule has 164 valence electrons. The molecule has 1 aliphatic heterocycles. The van der Waals surface area contributed by atoms with E-state index in [4.69, 9.17) is 4.74 Å². The minimum atomic E-state index is 0. The Morgan fingerprint density at radius 2 is 1.63 bits per heavy atom. The highest BCUT2D eigenvalue weighted by molar-refractivity contribution is 14.0. The number of aliphatic imine (C=N–C) groups is 1. The van der Waals surface area contributed by atoms with Crippen molar-refractivity contribution in [3.05, 3.63) is 65.2 Å². The van der Waals surface area contributed by atoms with Crippen molar-refractivity contribution in [2.75, 3.05) is 33.8 Å². The number of piperidine rings is 1. The number of benzene rings is 2. The number of aryl methyl sites for hydroxylation is 1. The highest BCUT2D eigenvalue weighted by atomic mass is 127. The van der Waals surface area contributed by atoms with Gasteiger partial charge in [0.25, 0.3) is 0 Å². The summed E-state index contributed by atoms with van der Waals surface area (Å²) in [6.45, 7) is 7.19. The fraction of sp³-hybridized carbons (Fsp3) is 0.458. The Morgan fingerprint density at radius 1 is 1.00 bits per heavy atom. The molecule has 2 N–H and O–H groups in total. The minimum absolute atomic E-state index is 0. The van der Waals surface area contributed by atoms with Gasteiger partial charge in [-0.05, 0) is 62.0 Å². The molecule has 1 saturated heterocycles. The first-order valence-corrected chi connectivity index (χ1v) is 10.5. The standard InChI is InChI=1S/C24H34N4O.HI/c1-19-4-6-20(7-5-19)16-26-24(25-2)27-17-21-12-14-28(15-13-21)18-22-8-10-23(29-3)11-9-22;/h4-11,21H,12-18H2,1-3H3,(H2,25,26,27);1H. The zero-order chi connectivity index (χ0) is 20.5. The Labute approximate surface area is 198 Å². The van der Waals surface area contributed by atoms with Crippen LogP contribution in [-0.2, 0) is 13.1 Å². The first-order valence-electron chi connectivity index (χ1n) is 10.5. The molecule has 0 spiro atoms. The maximum atomic E-state index is 5.24. The molecule has 0 atom stereocenters. The van der Waals surface area contributed by atoms with E-state index >= 15 is 0 Å². The van der Waals surface area contributed by atoms with Crippen LogP contribution in [-0.4, -0.2) is 44.7 Å². The van der Waals surface area contributed by atoms with E-state index in [-0.39, 0.29) is 24.0 Å². The number of nitrogens with one attached hydrogen (secondary N) is 2. The Kier molecular flexibility index (Phi) is 10.4. The van der Waals surface area contributed by atoms with Crippen molar-refractivity contribution in [2.45, 2.75) is 32.9 Å². The van der Waals surface area contributed by atoms with Gasteiger partial charge in [-0.25, -0.2) is 0 Å². The van der Waals surface area contributed by atoms with Crippen LogP contribution in [0.15, 0.2) is 53.5 Å². The lowest BCUT2D eigenvalue weighted by Gasteiger charge is -2.32. The van der Waals surface area contributed by atoms with Crippen LogP contribution in [0.3, 0.4) is 0 Å². The third-order valence-corrected chi connectivity index (χ3v) is 5.63. The summed E-state index contributed by atoms with van der Waals surface area (Å²) in [5.41, 5.74) is 3.91. The van der Waals surface area contributed by atoms with E-state index in [1.165, 1.54) is 29.5 Å². The maximum Gasteiger partial charge on any atom is 0.191 e. The summed E-state index contributed by atoms with van der Waals surface area (Å²) in [5.74, 6) is 2.49. The van der Waals surface area contributed by atoms with Crippen LogP contribution >= 0.6 is 24.0 Å². The molecule has 0 bridgehead atoms. The molecule has 0 unspecified atom stereocenters. The van der Waals surface area contributed by atoms with Crippen LogP contribution < -0.4 is 15.4 Å². The summed E-state index contributed by atoms with van der Waals surface area (Å²) in [7, 11) is 3.54. The number of halogens is 1. The molecule has 1 aliphatic rings. The topological polar surface area (TPSA) is 48.9 Å². The molecule has 1 fully saturated rings. The van der Waals surface area contributed by atoms with E-state index in [0.29, 0.717) is 5.92 Å². The van der Waals surface area contributed by atoms with Crippen molar-refractivity contribution >= 4 is 29.9 Å². The van der Waals surface area contributed by atoms with Gasteiger partial charge in [0.05, 0.1) is 7.11 Å². The Bertz CT molecular complexity index is 769. The zero-order valence-corrected chi connectivity index (χ0v) is 20.7. The second-order valence-corrected chi connectivity index (χ2v) is 7.86. The Hall–Kier alpha value is -1.80. The third kappa shape index (κ3) is 7.80. The normalized spacial score (nSPS) is 15.4. The smallest absolute Gasteiger partial charge is 0.191 e. The van der Waals surface area contributed by atoms with Crippen molar-refractivity contribution < 1.29 is 4.74 Å². The number of ether oxygens (including phenoxy) is 1. The van der Waals surface area contributed by atoms with E-state index in [0.717, 1.165) is 44.4 Å². The lowest BCUT2D eigenvalue weighted by molar-refractivity contribution is 0.178. The molecular weight excluding hydrogens is 487 g/mol. The number of guanidine groups is 1. The SMILES string of the molecule is CN=C(NCc1ccc(C)cc1)NCC1CCN(Cc2ccc(OC)cc2)CC1.I. The predicted octanol–water partition coefficient (Wildman–Crippen LogP) is 4.20. The molecule has 0 amide bonds. The molecule has 0 aromatic heterocycles. The van der Waals surface area contributed by atoms with E-state index in [1.807, 2.05) is 19.2 Å². The highest BCUT2D eigenvalue weighted by Gasteiger charge is 2.19. The second-order valence-electron chi connectivity index (χ2n) is 7.86. The van der Waals surface area contributed by atoms with Crippen LogP contribution in [0, 0.1) is 12.8 Å². The number of rotatable bonds is 7. The fourth-order valence-electron chi connectivity index (χ4n) is 3.69. The zero-order valence-electron chi connectivity index (χ0n) is 18.4. The number of hydrogen-bond acceptors (Lipinski definition) is 3. The number of methoxy groups -OCH3 is 1. The van der Waals surface area contributed by atoms with Crippen molar-refractivity contribution in [3.8, 4) is 5.75 Å². The molecule has 3 rings (SSSR count). The van der Waals surface area contributed by atoms with Gasteiger partial charge in [-0.15, -0.1) is 24.0 Å². The molecule has 30 heavy (non-hydrogen) atoms. The molecule has 1 heterocycles. The van der Waals surface area contributed by atoms with Crippen LogP contribution in [0.1, 0.15) is 29.5 Å². The number of hydrogen-bond donors (Lipinski definition) is 2. The quantitative estimate of drug-likeness (QED) is 0.325. The molecular formula is C24H35IN4O. The lowest BCUT2D eigenvalue weighted by Crippen LogP contribution is -2.42. The van der Waals surface area contributed by atoms with Crippen molar-refractivity contribution in [1.82, 2.24) is 15.5 Å². The molecule has 2 aromatic carbocycles. The van der Waals surface area contributed by atoms with E-state index in [9.17, 15) is 0 Å². The summed E-state index contributed by atoms with van der Waals surface area (Å²) in [6.07, 6.45) is 2.44. The minimum Gasteiger partial charge on any atom is -0.497 e. The van der Waals surface area contributed by atoms with Gasteiger partial charge in [-0.3, -0.25) is 9.89 Å². The van der Waals surface area contributed by atoms with Gasteiger partial charge in [0, 0.05) is 26.7 Å². The van der Waals surface area contributed by atoms with Crippen LogP contribution in [0.25, 0.3) is 0 Å². The summed E-state index contributed by atoms with van der Waals surface area (Å²) < 4.78 is 5.24.